The van der Waals surface area contributed by atoms with Crippen molar-refractivity contribution in [3.05, 3.63) is 63.7 Å². The molecule has 2 aromatic rings. The first-order chi connectivity index (χ1) is 8.59. The van der Waals surface area contributed by atoms with Crippen LogP contribution in [-0.4, -0.2) is 15.1 Å². The molecule has 0 saturated carbocycles. The van der Waals surface area contributed by atoms with Crippen molar-refractivity contribution in [1.29, 1.82) is 0 Å². The number of hydrogen-bond donors (Lipinski definition) is 2. The van der Waals surface area contributed by atoms with E-state index in [1.807, 2.05) is 0 Å². The van der Waals surface area contributed by atoms with Crippen LogP contribution in [0.1, 0.15) is 11.1 Å². The average Bonchev–Trinajstić information content (AvgIpc) is 2.34. The lowest BCUT2D eigenvalue weighted by molar-refractivity contribution is -0.385. The summed E-state index contributed by atoms with van der Waals surface area (Å²) in [5, 5.41) is 30.2. The van der Waals surface area contributed by atoms with Crippen LogP contribution in [0, 0.1) is 10.1 Å². The second-order valence-corrected chi connectivity index (χ2v) is 3.84. The van der Waals surface area contributed by atoms with Crippen LogP contribution in [0.25, 0.3) is 0 Å². The lowest BCUT2D eigenvalue weighted by Crippen LogP contribution is -1.97. The molecule has 0 aromatic heterocycles. The predicted molar refractivity (Wildman–Crippen MR) is 65.7 cm³/mol. The summed E-state index contributed by atoms with van der Waals surface area (Å²) in [5.74, 6) is -0.152. The normalized spacial score (nSPS) is 10.2. The second kappa shape index (κ2) is 4.75. The van der Waals surface area contributed by atoms with Gasteiger partial charge in [-0.25, -0.2) is 0 Å². The van der Waals surface area contributed by atoms with E-state index in [0.717, 1.165) is 0 Å². The van der Waals surface area contributed by atoms with E-state index in [4.69, 9.17) is 0 Å². The maximum absolute atomic E-state index is 10.9. The molecule has 5 nitrogen and oxygen atoms in total. The number of nitro groups is 1. The second-order valence-electron chi connectivity index (χ2n) is 3.84. The van der Waals surface area contributed by atoms with Gasteiger partial charge in [-0.1, -0.05) is 24.3 Å². The Morgan fingerprint density at radius 1 is 1.00 bits per heavy atom. The zero-order valence-corrected chi connectivity index (χ0v) is 9.41. The highest BCUT2D eigenvalue weighted by atomic mass is 16.6. The number of para-hydroxylation sites is 1. The van der Waals surface area contributed by atoms with E-state index in [0.29, 0.717) is 5.56 Å². The lowest BCUT2D eigenvalue weighted by Gasteiger charge is -2.07. The summed E-state index contributed by atoms with van der Waals surface area (Å²) in [6.07, 6.45) is 0.107. The van der Waals surface area contributed by atoms with Gasteiger partial charge in [-0.3, -0.25) is 10.1 Å². The molecule has 0 aliphatic rings. The van der Waals surface area contributed by atoms with E-state index in [1.54, 1.807) is 18.2 Å². The summed E-state index contributed by atoms with van der Waals surface area (Å²) in [7, 11) is 0. The molecule has 0 fully saturated rings. The quantitative estimate of drug-likeness (QED) is 0.643. The van der Waals surface area contributed by atoms with Gasteiger partial charge in [0.2, 0.25) is 0 Å². The number of rotatable bonds is 3. The first kappa shape index (κ1) is 11.9. The summed E-state index contributed by atoms with van der Waals surface area (Å²) in [5.41, 5.74) is 0.700. The molecular formula is C13H11NO4. The fourth-order valence-electron chi connectivity index (χ4n) is 1.77. The third kappa shape index (κ3) is 2.24. The number of nitro benzene ring substituents is 1. The Bertz CT molecular complexity index is 575. The number of hydrogen-bond acceptors (Lipinski definition) is 4. The van der Waals surface area contributed by atoms with Gasteiger partial charge in [-0.2, -0.15) is 0 Å². The van der Waals surface area contributed by atoms with Crippen LogP contribution in [0.2, 0.25) is 0 Å². The van der Waals surface area contributed by atoms with E-state index in [1.165, 1.54) is 24.3 Å². The van der Waals surface area contributed by atoms with Crippen LogP contribution < -0.4 is 0 Å². The Morgan fingerprint density at radius 2 is 1.61 bits per heavy atom. The summed E-state index contributed by atoms with van der Waals surface area (Å²) >= 11 is 0. The Morgan fingerprint density at radius 3 is 2.22 bits per heavy atom. The molecule has 0 spiro atoms. The molecule has 2 aromatic carbocycles. The van der Waals surface area contributed by atoms with Crippen molar-refractivity contribution in [3.63, 3.8) is 0 Å². The number of benzene rings is 2. The van der Waals surface area contributed by atoms with E-state index < -0.39 is 4.92 Å². The minimum absolute atomic E-state index is 0.0276. The summed E-state index contributed by atoms with van der Waals surface area (Å²) in [6, 6.07) is 10.6. The molecule has 5 heteroatoms. The fraction of sp³-hybridized carbons (Fsp3) is 0.0769. The molecule has 0 aliphatic carbocycles. The number of aromatic hydroxyl groups is 2. The highest BCUT2D eigenvalue weighted by Gasteiger charge is 2.16. The van der Waals surface area contributed by atoms with E-state index in [9.17, 15) is 20.3 Å². The van der Waals surface area contributed by atoms with Gasteiger partial charge >= 0.3 is 0 Å². The molecular weight excluding hydrogens is 234 g/mol. The molecule has 0 saturated heterocycles. The minimum atomic E-state index is -0.480. The highest BCUT2D eigenvalue weighted by Crippen LogP contribution is 2.31. The Labute approximate surface area is 103 Å². The third-order valence-corrected chi connectivity index (χ3v) is 2.68. The zero-order valence-electron chi connectivity index (χ0n) is 9.41. The number of phenols is 2. The molecule has 2 N–H and O–H groups in total. The van der Waals surface area contributed by atoms with Crippen LogP contribution in [0.15, 0.2) is 42.5 Å². The van der Waals surface area contributed by atoms with Gasteiger partial charge in [0.1, 0.15) is 11.5 Å². The molecule has 0 bridgehead atoms. The van der Waals surface area contributed by atoms with Gasteiger partial charge in [0.25, 0.3) is 5.69 Å². The van der Waals surface area contributed by atoms with Gasteiger partial charge in [0.05, 0.1) is 4.92 Å². The Hall–Kier alpha value is -2.56. The highest BCUT2D eigenvalue weighted by molar-refractivity contribution is 5.50. The van der Waals surface area contributed by atoms with Crippen molar-refractivity contribution in [2.75, 3.05) is 0 Å². The van der Waals surface area contributed by atoms with E-state index in [2.05, 4.69) is 0 Å². The van der Waals surface area contributed by atoms with Crippen LogP contribution in [0.5, 0.6) is 11.5 Å². The average molecular weight is 245 g/mol. The molecule has 0 radical (unpaired) electrons. The molecule has 0 aliphatic heterocycles. The molecule has 0 unspecified atom stereocenters. The van der Waals surface area contributed by atoms with Crippen molar-refractivity contribution < 1.29 is 15.1 Å². The monoisotopic (exact) mass is 245 g/mol. The van der Waals surface area contributed by atoms with Crippen molar-refractivity contribution >= 4 is 5.69 Å². The molecule has 0 heterocycles. The Kier molecular flexibility index (Phi) is 3.14. The summed E-state index contributed by atoms with van der Waals surface area (Å²) in [6.45, 7) is 0. The smallest absolute Gasteiger partial charge is 0.272 e. The van der Waals surface area contributed by atoms with Gasteiger partial charge in [-0.05, 0) is 12.1 Å². The minimum Gasteiger partial charge on any atom is -0.508 e. The van der Waals surface area contributed by atoms with E-state index >= 15 is 0 Å². The number of nitrogens with zero attached hydrogens (tertiary/aromatic N) is 1. The largest absolute Gasteiger partial charge is 0.508 e. The topological polar surface area (TPSA) is 83.6 Å². The lowest BCUT2D eigenvalue weighted by atomic mass is 10.0. The summed E-state index contributed by atoms with van der Waals surface area (Å²) in [4.78, 5) is 10.4. The predicted octanol–water partition coefficient (Wildman–Crippen LogP) is 2.60. The van der Waals surface area contributed by atoms with Crippen LogP contribution in [0.4, 0.5) is 5.69 Å². The van der Waals surface area contributed by atoms with Gasteiger partial charge in [-0.15, -0.1) is 0 Å². The fourth-order valence-corrected chi connectivity index (χ4v) is 1.77. The third-order valence-electron chi connectivity index (χ3n) is 2.68. The SMILES string of the molecule is O=[N+]([O-])c1ccccc1Cc1c(O)cccc1O. The number of phenolic OH excluding ortho intramolecular Hbond substituents is 2. The molecule has 18 heavy (non-hydrogen) atoms. The maximum atomic E-state index is 10.9. The molecule has 92 valence electrons. The van der Waals surface area contributed by atoms with Crippen molar-refractivity contribution in [3.8, 4) is 11.5 Å². The van der Waals surface area contributed by atoms with Crippen LogP contribution in [-0.2, 0) is 6.42 Å². The zero-order chi connectivity index (χ0) is 13.1. The Balaban J connectivity index is 2.43. The first-order valence-electron chi connectivity index (χ1n) is 5.31. The van der Waals surface area contributed by atoms with Crippen molar-refractivity contribution in [2.45, 2.75) is 6.42 Å². The first-order valence-corrected chi connectivity index (χ1v) is 5.31. The van der Waals surface area contributed by atoms with Gasteiger partial charge in [0, 0.05) is 23.6 Å². The van der Waals surface area contributed by atoms with Crippen molar-refractivity contribution in [1.82, 2.24) is 0 Å². The van der Waals surface area contributed by atoms with Crippen LogP contribution >= 0.6 is 0 Å². The van der Waals surface area contributed by atoms with Gasteiger partial charge in [0.15, 0.2) is 0 Å². The van der Waals surface area contributed by atoms with E-state index in [-0.39, 0.29) is 29.2 Å². The van der Waals surface area contributed by atoms with Gasteiger partial charge < -0.3 is 10.2 Å². The molecule has 0 atom stereocenters. The summed E-state index contributed by atoms with van der Waals surface area (Å²) < 4.78 is 0. The standard InChI is InChI=1S/C13H11NO4/c15-12-6-3-7-13(16)10(12)8-9-4-1-2-5-11(9)14(17)18/h1-7,15-16H,8H2. The molecule has 0 amide bonds. The van der Waals surface area contributed by atoms with Crippen LogP contribution in [0.3, 0.4) is 0 Å². The van der Waals surface area contributed by atoms with Crippen molar-refractivity contribution in [2.24, 2.45) is 0 Å². The molecule has 2 rings (SSSR count). The maximum Gasteiger partial charge on any atom is 0.272 e.